The number of carbonyl (C=O) groups excluding carboxylic acids is 1. The molecule has 1 aliphatic heterocycles. The predicted molar refractivity (Wildman–Crippen MR) is 135 cm³/mol. The molecule has 0 saturated heterocycles. The first-order chi connectivity index (χ1) is 17.6. The molecule has 0 saturated carbocycles. The van der Waals surface area contributed by atoms with Crippen molar-refractivity contribution in [3.05, 3.63) is 53.6 Å². The fourth-order valence-corrected chi connectivity index (χ4v) is 5.72. The Bertz CT molecular complexity index is 1270. The van der Waals surface area contributed by atoms with Crippen molar-refractivity contribution in [1.82, 2.24) is 14.9 Å². The monoisotopic (exact) mass is 533 g/mol. The van der Waals surface area contributed by atoms with E-state index in [1.54, 1.807) is 18.2 Å². The smallest absolute Gasteiger partial charge is 0.326 e. The molecular weight excluding hydrogens is 502 g/mol. The van der Waals surface area contributed by atoms with Gasteiger partial charge in [0.2, 0.25) is 15.9 Å². The summed E-state index contributed by atoms with van der Waals surface area (Å²) >= 11 is 0. The number of hydrogen-bond donors (Lipinski definition) is 5. The lowest BCUT2D eigenvalue weighted by Gasteiger charge is -2.35. The van der Waals surface area contributed by atoms with Crippen LogP contribution in [0.4, 0.5) is 0 Å². The molecule has 1 unspecified atom stereocenters. The molecule has 2 aromatic rings. The van der Waals surface area contributed by atoms with Gasteiger partial charge in [0.05, 0.1) is 19.1 Å². The number of fused-ring (bicyclic) bond motifs is 1. The molecule has 2 aromatic carbocycles. The number of carboxylic acids is 1. The summed E-state index contributed by atoms with van der Waals surface area (Å²) in [4.78, 5) is 25.1. The van der Waals surface area contributed by atoms with Gasteiger partial charge in [-0.1, -0.05) is 24.3 Å². The van der Waals surface area contributed by atoms with Crippen LogP contribution in [-0.4, -0.2) is 68.5 Å². The molecule has 0 aromatic heterocycles. The maximum atomic E-state index is 13.8. The number of nitrogens with zero attached hydrogens (tertiary/aromatic N) is 1. The third kappa shape index (κ3) is 6.49. The summed E-state index contributed by atoms with van der Waals surface area (Å²) in [6.07, 6.45) is 0.456. The molecule has 0 aliphatic carbocycles. The number of rotatable bonds is 11. The van der Waals surface area contributed by atoms with E-state index in [1.807, 2.05) is 6.07 Å². The number of sulfonamides is 1. The number of methoxy groups -OCH3 is 2. The molecule has 6 N–H and O–H groups in total. The predicted octanol–water partition coefficient (Wildman–Crippen LogP) is 0.652. The van der Waals surface area contributed by atoms with E-state index < -0.39 is 34.0 Å². The van der Waals surface area contributed by atoms with Crippen LogP contribution < -0.4 is 25.8 Å². The molecule has 0 bridgehead atoms. The summed E-state index contributed by atoms with van der Waals surface area (Å²) in [6.45, 7) is 0.191. The summed E-state index contributed by atoms with van der Waals surface area (Å²) < 4.78 is 39.1. The second-order valence-corrected chi connectivity index (χ2v) is 10.3. The number of carboxylic acid groups (broad SMARTS) is 1. The van der Waals surface area contributed by atoms with E-state index in [-0.39, 0.29) is 42.5 Å². The Balaban J connectivity index is 1.91. The van der Waals surface area contributed by atoms with Gasteiger partial charge >= 0.3 is 5.97 Å². The molecule has 3 rings (SSSR count). The summed E-state index contributed by atoms with van der Waals surface area (Å²) in [5, 5.41) is 21.9. The molecule has 200 valence electrons. The van der Waals surface area contributed by atoms with Gasteiger partial charge < -0.3 is 30.9 Å². The van der Waals surface area contributed by atoms with Gasteiger partial charge in [0, 0.05) is 19.2 Å². The van der Waals surface area contributed by atoms with Crippen LogP contribution >= 0.6 is 0 Å². The first-order valence-corrected chi connectivity index (χ1v) is 12.9. The standard InChI is InChI=1S/C24H31N5O7S/c1-35-20-10-9-17(13-21(20)36-2)37(33,34)29-14-16-7-4-3-6-15(16)12-19(29)22(30)28-18(23(31)32)8-5-11-27-24(25)26/h3-4,6-7,9-10,13,18-19H,5,8,11-12,14H2,1-2H3,(H,28,30)(H,31,32)(H4,25,26,27)/t18?,19-/m0/s1. The quantitative estimate of drug-likeness (QED) is 0.157. The van der Waals surface area contributed by atoms with E-state index in [0.29, 0.717) is 12.2 Å². The van der Waals surface area contributed by atoms with Crippen LogP contribution in [0.25, 0.3) is 0 Å². The number of hydrogen-bond acceptors (Lipinski definition) is 7. The lowest BCUT2D eigenvalue weighted by atomic mass is 9.95. The average molecular weight is 534 g/mol. The minimum atomic E-state index is -4.20. The normalized spacial score (nSPS) is 16.2. The zero-order chi connectivity index (χ0) is 27.2. The summed E-state index contributed by atoms with van der Waals surface area (Å²) in [5.41, 5.74) is 6.79. The van der Waals surface area contributed by atoms with Crippen molar-refractivity contribution < 1.29 is 32.6 Å². The Morgan fingerprint density at radius 3 is 2.46 bits per heavy atom. The fourth-order valence-electron chi connectivity index (χ4n) is 4.14. The van der Waals surface area contributed by atoms with Crippen molar-refractivity contribution in [2.24, 2.45) is 5.73 Å². The Labute approximate surface area is 215 Å². The Kier molecular flexibility index (Phi) is 8.95. The number of carbonyl (C=O) groups is 2. The van der Waals surface area contributed by atoms with E-state index in [2.05, 4.69) is 10.6 Å². The van der Waals surface area contributed by atoms with Crippen molar-refractivity contribution in [2.75, 3.05) is 20.8 Å². The molecule has 1 aliphatic rings. The Morgan fingerprint density at radius 2 is 1.84 bits per heavy atom. The van der Waals surface area contributed by atoms with E-state index in [1.165, 1.54) is 32.4 Å². The molecule has 12 nitrogen and oxygen atoms in total. The zero-order valence-electron chi connectivity index (χ0n) is 20.6. The number of nitrogens with one attached hydrogen (secondary N) is 3. The molecule has 0 radical (unpaired) electrons. The Morgan fingerprint density at radius 1 is 1.16 bits per heavy atom. The largest absolute Gasteiger partial charge is 0.493 e. The number of amides is 1. The number of benzene rings is 2. The molecule has 0 fully saturated rings. The molecular formula is C24H31N5O7S. The van der Waals surface area contributed by atoms with Crippen LogP contribution in [-0.2, 0) is 32.6 Å². The highest BCUT2D eigenvalue weighted by atomic mass is 32.2. The van der Waals surface area contributed by atoms with E-state index in [9.17, 15) is 23.1 Å². The number of guanidine groups is 1. The SMILES string of the molecule is COc1ccc(S(=O)(=O)N2Cc3ccccc3C[C@H]2C(=O)NC(CCCNC(=N)N)C(=O)O)cc1OC. The topological polar surface area (TPSA) is 184 Å². The van der Waals surface area contributed by atoms with Crippen LogP contribution in [0.1, 0.15) is 24.0 Å². The van der Waals surface area contributed by atoms with Crippen LogP contribution in [0.3, 0.4) is 0 Å². The van der Waals surface area contributed by atoms with Crippen molar-refractivity contribution in [1.29, 1.82) is 5.41 Å². The van der Waals surface area contributed by atoms with Gasteiger partial charge in [-0.2, -0.15) is 4.31 Å². The van der Waals surface area contributed by atoms with E-state index in [4.69, 9.17) is 20.6 Å². The van der Waals surface area contributed by atoms with Crippen LogP contribution in [0.5, 0.6) is 11.5 Å². The maximum Gasteiger partial charge on any atom is 0.326 e. The number of nitrogens with two attached hydrogens (primary N) is 1. The number of aliphatic carboxylic acids is 1. The van der Waals surface area contributed by atoms with Gasteiger partial charge in [-0.3, -0.25) is 10.2 Å². The highest BCUT2D eigenvalue weighted by molar-refractivity contribution is 7.89. The van der Waals surface area contributed by atoms with Crippen LogP contribution in [0, 0.1) is 5.41 Å². The Hall–Kier alpha value is -3.84. The van der Waals surface area contributed by atoms with Crippen LogP contribution in [0.15, 0.2) is 47.4 Å². The highest BCUT2D eigenvalue weighted by Crippen LogP contribution is 2.34. The maximum absolute atomic E-state index is 13.8. The van der Waals surface area contributed by atoms with E-state index >= 15 is 0 Å². The molecule has 2 atom stereocenters. The van der Waals surface area contributed by atoms with Gasteiger partial charge in [0.1, 0.15) is 12.1 Å². The summed E-state index contributed by atoms with van der Waals surface area (Å²) in [5.74, 6) is -1.64. The lowest BCUT2D eigenvalue weighted by molar-refractivity contribution is -0.142. The third-order valence-electron chi connectivity index (χ3n) is 6.07. The van der Waals surface area contributed by atoms with Gasteiger partial charge in [-0.15, -0.1) is 0 Å². The highest BCUT2D eigenvalue weighted by Gasteiger charge is 2.40. The minimum Gasteiger partial charge on any atom is -0.493 e. The van der Waals surface area contributed by atoms with Gasteiger partial charge in [-0.25, -0.2) is 13.2 Å². The zero-order valence-corrected chi connectivity index (χ0v) is 21.4. The van der Waals surface area contributed by atoms with Gasteiger partial charge in [-0.05, 0) is 42.5 Å². The third-order valence-corrected chi connectivity index (χ3v) is 7.92. The number of ether oxygens (including phenoxy) is 2. The summed E-state index contributed by atoms with van der Waals surface area (Å²) in [7, 11) is -1.38. The van der Waals surface area contributed by atoms with Gasteiger partial charge in [0.15, 0.2) is 17.5 Å². The molecule has 13 heteroatoms. The van der Waals surface area contributed by atoms with E-state index in [0.717, 1.165) is 15.4 Å². The van der Waals surface area contributed by atoms with Gasteiger partial charge in [0.25, 0.3) is 0 Å². The molecule has 0 spiro atoms. The van der Waals surface area contributed by atoms with Crippen molar-refractivity contribution in [2.45, 2.75) is 42.8 Å². The second kappa shape index (κ2) is 11.9. The van der Waals surface area contributed by atoms with Crippen LogP contribution in [0.2, 0.25) is 0 Å². The fraction of sp³-hybridized carbons (Fsp3) is 0.375. The first kappa shape index (κ1) is 27.7. The molecule has 1 amide bonds. The second-order valence-electron chi connectivity index (χ2n) is 8.44. The van der Waals surface area contributed by atoms with Crippen molar-refractivity contribution >= 4 is 27.9 Å². The summed E-state index contributed by atoms with van der Waals surface area (Å²) in [6, 6.07) is 8.94. The average Bonchev–Trinajstić information content (AvgIpc) is 2.88. The van der Waals surface area contributed by atoms with Crippen molar-refractivity contribution in [3.8, 4) is 11.5 Å². The minimum absolute atomic E-state index is 0.0626. The molecule has 37 heavy (non-hydrogen) atoms. The lowest BCUT2D eigenvalue weighted by Crippen LogP contribution is -2.55. The van der Waals surface area contributed by atoms with Crippen molar-refractivity contribution in [3.63, 3.8) is 0 Å². The first-order valence-electron chi connectivity index (χ1n) is 11.5. The molecule has 1 heterocycles.